The minimum atomic E-state index is 0.665. The van der Waals surface area contributed by atoms with Crippen molar-refractivity contribution in [3.8, 4) is 6.07 Å². The van der Waals surface area contributed by atoms with Crippen LogP contribution in [-0.4, -0.2) is 10.2 Å². The lowest BCUT2D eigenvalue weighted by Gasteiger charge is -1.95. The maximum atomic E-state index is 9.04. The van der Waals surface area contributed by atoms with Crippen LogP contribution in [0.2, 0.25) is 0 Å². The number of hydrogen-bond donors (Lipinski definition) is 1. The molecule has 2 aromatic carbocycles. The largest absolute Gasteiger partial charge is 0.277 e. The van der Waals surface area contributed by atoms with Gasteiger partial charge in [-0.2, -0.15) is 10.4 Å². The van der Waals surface area contributed by atoms with Crippen molar-refractivity contribution in [2.75, 3.05) is 0 Å². The van der Waals surface area contributed by atoms with E-state index in [1.54, 1.807) is 0 Å². The van der Waals surface area contributed by atoms with Crippen molar-refractivity contribution >= 4 is 23.1 Å². The Kier molecular flexibility index (Phi) is 2.83. The average molecular weight is 245 g/mol. The van der Waals surface area contributed by atoms with Gasteiger partial charge in [-0.05, 0) is 23.8 Å². The van der Waals surface area contributed by atoms with E-state index in [-0.39, 0.29) is 0 Å². The van der Waals surface area contributed by atoms with Crippen LogP contribution in [-0.2, 0) is 0 Å². The zero-order chi connectivity index (χ0) is 13.1. The number of nitrogens with zero attached hydrogens (tertiary/aromatic N) is 2. The van der Waals surface area contributed by atoms with E-state index in [1.165, 1.54) is 0 Å². The molecule has 0 aliphatic heterocycles. The summed E-state index contributed by atoms with van der Waals surface area (Å²) in [4.78, 5) is 0. The number of hydrogen-bond acceptors (Lipinski definition) is 2. The molecule has 19 heavy (non-hydrogen) atoms. The van der Waals surface area contributed by atoms with Gasteiger partial charge in [0, 0.05) is 5.39 Å². The predicted octanol–water partition coefficient (Wildman–Crippen LogP) is 3.60. The first-order valence-electron chi connectivity index (χ1n) is 5.99. The Morgan fingerprint density at radius 2 is 1.79 bits per heavy atom. The molecule has 0 saturated carbocycles. The fourth-order valence-electron chi connectivity index (χ4n) is 2.02. The Hall–Kier alpha value is -2.86. The number of para-hydroxylation sites is 1. The first-order chi connectivity index (χ1) is 9.38. The van der Waals surface area contributed by atoms with Gasteiger partial charge in [-0.15, -0.1) is 0 Å². The van der Waals surface area contributed by atoms with E-state index in [0.29, 0.717) is 5.56 Å². The third-order valence-corrected chi connectivity index (χ3v) is 3.00. The van der Waals surface area contributed by atoms with Gasteiger partial charge in [0.2, 0.25) is 0 Å². The van der Waals surface area contributed by atoms with Gasteiger partial charge in [-0.25, -0.2) is 0 Å². The molecule has 3 heteroatoms. The standard InChI is InChI=1S/C16H11N3/c17-11-13-6-2-1-5-12(13)9-10-16-14-7-3-4-8-15(14)18-19-16/h1-10H,(H,18,19). The molecular weight excluding hydrogens is 234 g/mol. The second-order valence-electron chi connectivity index (χ2n) is 4.19. The molecule has 0 amide bonds. The van der Waals surface area contributed by atoms with Crippen LogP contribution in [0.25, 0.3) is 23.1 Å². The highest BCUT2D eigenvalue weighted by molar-refractivity contribution is 5.89. The van der Waals surface area contributed by atoms with Crippen LogP contribution in [0.1, 0.15) is 16.8 Å². The highest BCUT2D eigenvalue weighted by Gasteiger charge is 2.01. The number of H-pyrrole nitrogens is 1. The number of rotatable bonds is 2. The minimum Gasteiger partial charge on any atom is -0.277 e. The summed E-state index contributed by atoms with van der Waals surface area (Å²) < 4.78 is 0. The summed E-state index contributed by atoms with van der Waals surface area (Å²) in [6.45, 7) is 0. The van der Waals surface area contributed by atoms with E-state index < -0.39 is 0 Å². The summed E-state index contributed by atoms with van der Waals surface area (Å²) in [5.74, 6) is 0. The SMILES string of the molecule is N#Cc1ccccc1C=Cc1n[nH]c2ccccc12. The molecule has 3 aromatic rings. The third kappa shape index (κ3) is 2.12. The van der Waals surface area contributed by atoms with Gasteiger partial charge in [-0.3, -0.25) is 5.10 Å². The highest BCUT2D eigenvalue weighted by atomic mass is 15.1. The van der Waals surface area contributed by atoms with E-state index in [1.807, 2.05) is 60.7 Å². The second-order valence-corrected chi connectivity index (χ2v) is 4.19. The van der Waals surface area contributed by atoms with Crippen LogP contribution < -0.4 is 0 Å². The number of aromatic nitrogens is 2. The Balaban J connectivity index is 2.01. The molecule has 0 atom stereocenters. The van der Waals surface area contributed by atoms with Crippen LogP contribution in [0.3, 0.4) is 0 Å². The van der Waals surface area contributed by atoms with Crippen molar-refractivity contribution in [2.45, 2.75) is 0 Å². The topological polar surface area (TPSA) is 52.5 Å². The van der Waals surface area contributed by atoms with Gasteiger partial charge < -0.3 is 0 Å². The van der Waals surface area contributed by atoms with Crippen molar-refractivity contribution in [2.24, 2.45) is 0 Å². The van der Waals surface area contributed by atoms with Crippen LogP contribution in [0.5, 0.6) is 0 Å². The van der Waals surface area contributed by atoms with E-state index in [0.717, 1.165) is 22.2 Å². The third-order valence-electron chi connectivity index (χ3n) is 3.00. The van der Waals surface area contributed by atoms with E-state index in [4.69, 9.17) is 5.26 Å². The molecule has 1 heterocycles. The Morgan fingerprint density at radius 1 is 1.00 bits per heavy atom. The van der Waals surface area contributed by atoms with Crippen LogP contribution in [0.4, 0.5) is 0 Å². The van der Waals surface area contributed by atoms with E-state index in [9.17, 15) is 0 Å². The zero-order valence-corrected chi connectivity index (χ0v) is 10.2. The molecule has 1 aromatic heterocycles. The van der Waals surface area contributed by atoms with Crippen LogP contribution in [0, 0.1) is 11.3 Å². The molecular formula is C16H11N3. The average Bonchev–Trinajstić information content (AvgIpc) is 2.89. The number of fused-ring (bicyclic) bond motifs is 1. The van der Waals surface area contributed by atoms with Gasteiger partial charge in [0.1, 0.15) is 0 Å². The van der Waals surface area contributed by atoms with Gasteiger partial charge in [0.15, 0.2) is 0 Å². The summed E-state index contributed by atoms with van der Waals surface area (Å²) in [5.41, 5.74) is 3.45. The lowest BCUT2D eigenvalue weighted by molar-refractivity contribution is 1.11. The summed E-state index contributed by atoms with van der Waals surface area (Å²) in [6.07, 6.45) is 3.84. The van der Waals surface area contributed by atoms with Gasteiger partial charge in [-0.1, -0.05) is 42.5 Å². The van der Waals surface area contributed by atoms with Crippen LogP contribution in [0.15, 0.2) is 48.5 Å². The van der Waals surface area contributed by atoms with Crippen molar-refractivity contribution in [3.63, 3.8) is 0 Å². The number of nitrogens with one attached hydrogen (secondary N) is 1. The van der Waals surface area contributed by atoms with Crippen molar-refractivity contribution in [3.05, 3.63) is 65.4 Å². The van der Waals surface area contributed by atoms with Crippen molar-refractivity contribution in [1.82, 2.24) is 10.2 Å². The molecule has 0 bridgehead atoms. The lowest BCUT2D eigenvalue weighted by Crippen LogP contribution is -1.80. The smallest absolute Gasteiger partial charge is 0.0997 e. The normalized spacial score (nSPS) is 10.9. The molecule has 0 aliphatic carbocycles. The first kappa shape index (κ1) is 11.2. The molecule has 0 spiro atoms. The number of aromatic amines is 1. The summed E-state index contributed by atoms with van der Waals surface area (Å²) in [6, 6.07) is 17.7. The highest BCUT2D eigenvalue weighted by Crippen LogP contribution is 2.18. The fraction of sp³-hybridized carbons (Fsp3) is 0. The zero-order valence-electron chi connectivity index (χ0n) is 10.2. The lowest BCUT2D eigenvalue weighted by atomic mass is 10.1. The van der Waals surface area contributed by atoms with E-state index >= 15 is 0 Å². The molecule has 0 unspecified atom stereocenters. The monoisotopic (exact) mass is 245 g/mol. The summed E-state index contributed by atoms with van der Waals surface area (Å²) in [7, 11) is 0. The molecule has 3 nitrogen and oxygen atoms in total. The minimum absolute atomic E-state index is 0.665. The Labute approximate surface area is 110 Å². The maximum absolute atomic E-state index is 9.04. The fourth-order valence-corrected chi connectivity index (χ4v) is 2.02. The summed E-state index contributed by atoms with van der Waals surface area (Å²) >= 11 is 0. The second kappa shape index (κ2) is 4.79. The number of benzene rings is 2. The molecule has 90 valence electrons. The number of nitriles is 1. The predicted molar refractivity (Wildman–Crippen MR) is 76.2 cm³/mol. The van der Waals surface area contributed by atoms with Gasteiger partial charge in [0.05, 0.1) is 22.8 Å². The Morgan fingerprint density at radius 3 is 2.68 bits per heavy atom. The van der Waals surface area contributed by atoms with Crippen molar-refractivity contribution in [1.29, 1.82) is 5.26 Å². The first-order valence-corrected chi connectivity index (χ1v) is 5.99. The van der Waals surface area contributed by atoms with E-state index in [2.05, 4.69) is 16.3 Å². The summed E-state index contributed by atoms with van der Waals surface area (Å²) in [5, 5.41) is 17.4. The van der Waals surface area contributed by atoms with Gasteiger partial charge in [0.25, 0.3) is 0 Å². The molecule has 1 N–H and O–H groups in total. The van der Waals surface area contributed by atoms with Crippen LogP contribution >= 0.6 is 0 Å². The molecule has 3 rings (SSSR count). The van der Waals surface area contributed by atoms with Crippen molar-refractivity contribution < 1.29 is 0 Å². The maximum Gasteiger partial charge on any atom is 0.0997 e. The Bertz CT molecular complexity index is 791. The quantitative estimate of drug-likeness (QED) is 0.749. The molecule has 0 radical (unpaired) electrons. The van der Waals surface area contributed by atoms with Gasteiger partial charge >= 0.3 is 0 Å². The molecule has 0 aliphatic rings. The molecule has 0 fully saturated rings. The molecule has 0 saturated heterocycles.